The molecule has 1 aliphatic heterocycles. The summed E-state index contributed by atoms with van der Waals surface area (Å²) in [5, 5.41) is 3.57. The Labute approximate surface area is 122 Å². The molecule has 110 valence electrons. The first-order chi connectivity index (χ1) is 9.72. The van der Waals surface area contributed by atoms with Crippen LogP contribution in [0.5, 0.6) is 0 Å². The summed E-state index contributed by atoms with van der Waals surface area (Å²) in [6.45, 7) is 6.33. The molecule has 0 radical (unpaired) electrons. The third-order valence-electron chi connectivity index (χ3n) is 4.90. The van der Waals surface area contributed by atoms with E-state index < -0.39 is 0 Å². The number of hydrogen-bond donors (Lipinski definition) is 1. The van der Waals surface area contributed by atoms with Crippen LogP contribution < -0.4 is 5.32 Å². The van der Waals surface area contributed by atoms with E-state index in [1.165, 1.54) is 48.8 Å². The van der Waals surface area contributed by atoms with Gasteiger partial charge in [-0.05, 0) is 37.3 Å². The van der Waals surface area contributed by atoms with Gasteiger partial charge >= 0.3 is 0 Å². The zero-order valence-electron chi connectivity index (χ0n) is 12.8. The van der Waals surface area contributed by atoms with Gasteiger partial charge in [0, 0.05) is 13.1 Å². The Morgan fingerprint density at radius 1 is 1.15 bits per heavy atom. The van der Waals surface area contributed by atoms with Crippen LogP contribution in [0.2, 0.25) is 0 Å². The van der Waals surface area contributed by atoms with Crippen LogP contribution in [-0.4, -0.2) is 19.2 Å². The van der Waals surface area contributed by atoms with Gasteiger partial charge in [-0.25, -0.2) is 0 Å². The zero-order valence-corrected chi connectivity index (χ0v) is 12.8. The monoisotopic (exact) mass is 273 g/mol. The van der Waals surface area contributed by atoms with Crippen LogP contribution in [-0.2, 0) is 4.74 Å². The van der Waals surface area contributed by atoms with Gasteiger partial charge < -0.3 is 10.1 Å². The van der Waals surface area contributed by atoms with Crippen molar-refractivity contribution in [1.82, 2.24) is 5.32 Å². The molecular formula is C18H27NO. The third kappa shape index (κ3) is 3.24. The summed E-state index contributed by atoms with van der Waals surface area (Å²) < 4.78 is 6.39. The fourth-order valence-electron chi connectivity index (χ4n) is 3.83. The topological polar surface area (TPSA) is 21.3 Å². The number of morpholine rings is 1. The van der Waals surface area contributed by atoms with E-state index in [1.54, 1.807) is 0 Å². The molecule has 0 amide bonds. The molecule has 0 bridgehead atoms. The summed E-state index contributed by atoms with van der Waals surface area (Å²) in [7, 11) is 0. The Morgan fingerprint density at radius 2 is 1.95 bits per heavy atom. The van der Waals surface area contributed by atoms with Crippen LogP contribution in [0.25, 0.3) is 0 Å². The van der Waals surface area contributed by atoms with E-state index in [9.17, 15) is 0 Å². The molecule has 2 aliphatic rings. The van der Waals surface area contributed by atoms with Gasteiger partial charge in [-0.3, -0.25) is 0 Å². The van der Waals surface area contributed by atoms with Crippen molar-refractivity contribution >= 4 is 0 Å². The van der Waals surface area contributed by atoms with Crippen LogP contribution >= 0.6 is 0 Å². The first-order valence-corrected chi connectivity index (χ1v) is 8.15. The van der Waals surface area contributed by atoms with E-state index in [2.05, 4.69) is 37.4 Å². The van der Waals surface area contributed by atoms with Crippen LogP contribution in [0.1, 0.15) is 54.9 Å². The molecule has 2 heteroatoms. The summed E-state index contributed by atoms with van der Waals surface area (Å²) in [5.74, 6) is 0.902. The molecule has 1 aromatic carbocycles. The maximum Gasteiger partial charge on any atom is 0.0956 e. The van der Waals surface area contributed by atoms with Gasteiger partial charge in [0.25, 0.3) is 0 Å². The normalized spacial score (nSPS) is 27.9. The predicted molar refractivity (Wildman–Crippen MR) is 83.0 cm³/mol. The second-order valence-electron chi connectivity index (χ2n) is 6.65. The highest BCUT2D eigenvalue weighted by Crippen LogP contribution is 2.32. The molecule has 1 aliphatic carbocycles. The first kappa shape index (κ1) is 14.1. The molecule has 0 spiro atoms. The summed E-state index contributed by atoms with van der Waals surface area (Å²) in [5.41, 5.74) is 4.05. The lowest BCUT2D eigenvalue weighted by molar-refractivity contribution is -0.0491. The number of hydrogen-bond acceptors (Lipinski definition) is 2. The molecule has 1 saturated heterocycles. The second-order valence-corrected chi connectivity index (χ2v) is 6.65. The molecule has 2 atom stereocenters. The molecule has 2 unspecified atom stereocenters. The minimum Gasteiger partial charge on any atom is -0.368 e. The molecule has 20 heavy (non-hydrogen) atoms. The summed E-state index contributed by atoms with van der Waals surface area (Å²) >= 11 is 0. The molecule has 3 rings (SSSR count). The SMILES string of the molecule is Cc1ccc(C2CNCC(CC3CCCC3)O2)c(C)c1. The van der Waals surface area contributed by atoms with E-state index in [1.807, 2.05) is 0 Å². The molecule has 1 aromatic rings. The van der Waals surface area contributed by atoms with E-state index in [-0.39, 0.29) is 6.10 Å². The highest BCUT2D eigenvalue weighted by Gasteiger charge is 2.27. The number of rotatable bonds is 3. The first-order valence-electron chi connectivity index (χ1n) is 8.15. The van der Waals surface area contributed by atoms with Gasteiger partial charge in [-0.15, -0.1) is 0 Å². The minimum absolute atomic E-state index is 0.232. The lowest BCUT2D eigenvalue weighted by Crippen LogP contribution is -2.41. The summed E-state index contributed by atoms with van der Waals surface area (Å²) in [6.07, 6.45) is 7.54. The molecule has 0 aromatic heterocycles. The number of aryl methyl sites for hydroxylation is 2. The van der Waals surface area contributed by atoms with Crippen molar-refractivity contribution in [2.75, 3.05) is 13.1 Å². The Hall–Kier alpha value is -0.860. The van der Waals surface area contributed by atoms with E-state index in [4.69, 9.17) is 4.74 Å². The predicted octanol–water partition coefficient (Wildman–Crippen LogP) is 3.91. The van der Waals surface area contributed by atoms with Crippen molar-refractivity contribution < 1.29 is 4.74 Å². The average molecular weight is 273 g/mol. The number of benzene rings is 1. The number of nitrogens with one attached hydrogen (secondary N) is 1. The van der Waals surface area contributed by atoms with Crippen molar-refractivity contribution in [2.45, 2.75) is 58.2 Å². The minimum atomic E-state index is 0.232. The van der Waals surface area contributed by atoms with E-state index >= 15 is 0 Å². The van der Waals surface area contributed by atoms with Gasteiger partial charge in [-0.2, -0.15) is 0 Å². The van der Waals surface area contributed by atoms with Gasteiger partial charge in [0.15, 0.2) is 0 Å². The van der Waals surface area contributed by atoms with Gasteiger partial charge in [0.1, 0.15) is 0 Å². The van der Waals surface area contributed by atoms with E-state index in [0.29, 0.717) is 6.10 Å². The van der Waals surface area contributed by atoms with Crippen LogP contribution in [0.4, 0.5) is 0 Å². The molecule has 1 heterocycles. The summed E-state index contributed by atoms with van der Waals surface area (Å²) in [4.78, 5) is 0. The van der Waals surface area contributed by atoms with Crippen molar-refractivity contribution in [3.63, 3.8) is 0 Å². The van der Waals surface area contributed by atoms with Gasteiger partial charge in [0.2, 0.25) is 0 Å². The fourth-order valence-corrected chi connectivity index (χ4v) is 3.83. The maximum atomic E-state index is 6.39. The van der Waals surface area contributed by atoms with Gasteiger partial charge in [0.05, 0.1) is 12.2 Å². The fraction of sp³-hybridized carbons (Fsp3) is 0.667. The molecular weight excluding hydrogens is 246 g/mol. The van der Waals surface area contributed by atoms with E-state index in [0.717, 1.165) is 19.0 Å². The number of ether oxygens (including phenoxy) is 1. The second kappa shape index (κ2) is 6.28. The molecule has 1 saturated carbocycles. The highest BCUT2D eigenvalue weighted by atomic mass is 16.5. The van der Waals surface area contributed by atoms with Crippen molar-refractivity contribution in [3.8, 4) is 0 Å². The zero-order chi connectivity index (χ0) is 13.9. The molecule has 1 N–H and O–H groups in total. The Bertz CT molecular complexity index is 451. The van der Waals surface area contributed by atoms with Crippen LogP contribution in [0.3, 0.4) is 0 Å². The largest absolute Gasteiger partial charge is 0.368 e. The van der Waals surface area contributed by atoms with Crippen LogP contribution in [0.15, 0.2) is 18.2 Å². The Kier molecular flexibility index (Phi) is 4.42. The van der Waals surface area contributed by atoms with Crippen molar-refractivity contribution in [3.05, 3.63) is 34.9 Å². The summed E-state index contributed by atoms with van der Waals surface area (Å²) in [6, 6.07) is 6.71. The van der Waals surface area contributed by atoms with Crippen molar-refractivity contribution in [2.24, 2.45) is 5.92 Å². The molecule has 2 fully saturated rings. The Morgan fingerprint density at radius 3 is 2.70 bits per heavy atom. The van der Waals surface area contributed by atoms with Crippen molar-refractivity contribution in [1.29, 1.82) is 0 Å². The standard InChI is InChI=1S/C18H27NO/c1-13-7-8-17(14(2)9-13)18-12-19-11-16(20-18)10-15-5-3-4-6-15/h7-9,15-16,18-19H,3-6,10-12H2,1-2H3. The highest BCUT2D eigenvalue weighted by molar-refractivity contribution is 5.32. The lowest BCUT2D eigenvalue weighted by atomic mass is 9.96. The lowest BCUT2D eigenvalue weighted by Gasteiger charge is -2.33. The van der Waals surface area contributed by atoms with Gasteiger partial charge in [-0.1, -0.05) is 49.4 Å². The molecule has 2 nitrogen and oxygen atoms in total. The third-order valence-corrected chi connectivity index (χ3v) is 4.90. The quantitative estimate of drug-likeness (QED) is 0.901. The smallest absolute Gasteiger partial charge is 0.0956 e. The average Bonchev–Trinajstić information content (AvgIpc) is 2.92. The Balaban J connectivity index is 1.64. The maximum absolute atomic E-state index is 6.39. The van der Waals surface area contributed by atoms with Crippen LogP contribution in [0, 0.1) is 19.8 Å².